The van der Waals surface area contributed by atoms with Crippen molar-refractivity contribution >= 4 is 29.1 Å². The van der Waals surface area contributed by atoms with Gasteiger partial charge < -0.3 is 4.74 Å². The number of halogens is 1. The lowest BCUT2D eigenvalue weighted by Gasteiger charge is -2.04. The molecule has 0 unspecified atom stereocenters. The Balaban J connectivity index is 0.00000128. The Bertz CT molecular complexity index is 496. The van der Waals surface area contributed by atoms with Gasteiger partial charge in [0.1, 0.15) is 0 Å². The molecule has 0 aliphatic heterocycles. The smallest absolute Gasteiger partial charge is 0.184 e. The molecule has 1 N–H and O–H groups in total. The Hall–Kier alpha value is -1.54. The lowest BCUT2D eigenvalue weighted by atomic mass is 10.1. The van der Waals surface area contributed by atoms with Crippen LogP contribution in [0.25, 0.3) is 10.8 Å². The fourth-order valence-electron chi connectivity index (χ4n) is 1.61. The fourth-order valence-corrected chi connectivity index (χ4v) is 1.61. The van der Waals surface area contributed by atoms with E-state index in [1.165, 1.54) is 17.9 Å². The molecule has 2 nitrogen and oxygen atoms in total. The number of benzene rings is 2. The van der Waals surface area contributed by atoms with Gasteiger partial charge in [0.15, 0.2) is 5.90 Å². The minimum Gasteiger partial charge on any atom is -0.484 e. The van der Waals surface area contributed by atoms with Crippen LogP contribution in [0.1, 0.15) is 5.56 Å². The van der Waals surface area contributed by atoms with Gasteiger partial charge in [-0.3, -0.25) is 5.41 Å². The molecule has 0 spiro atoms. The highest BCUT2D eigenvalue weighted by molar-refractivity contribution is 5.85. The fraction of sp³-hybridized carbons (Fsp3) is 0.154. The van der Waals surface area contributed by atoms with Crippen LogP contribution < -0.4 is 0 Å². The van der Waals surface area contributed by atoms with Crippen molar-refractivity contribution in [1.29, 1.82) is 5.41 Å². The average molecular weight is 236 g/mol. The minimum absolute atomic E-state index is 0. The zero-order valence-corrected chi connectivity index (χ0v) is 9.88. The van der Waals surface area contributed by atoms with Crippen LogP contribution in [0.2, 0.25) is 0 Å². The number of methoxy groups -OCH3 is 1. The molecule has 2 aromatic carbocycles. The first-order chi connectivity index (χ1) is 7.29. The molecule has 16 heavy (non-hydrogen) atoms. The zero-order valence-electron chi connectivity index (χ0n) is 9.07. The van der Waals surface area contributed by atoms with Gasteiger partial charge in [-0.25, -0.2) is 0 Å². The Morgan fingerprint density at radius 2 is 1.81 bits per heavy atom. The quantitative estimate of drug-likeness (QED) is 0.628. The summed E-state index contributed by atoms with van der Waals surface area (Å²) >= 11 is 0. The second-order valence-electron chi connectivity index (χ2n) is 3.49. The summed E-state index contributed by atoms with van der Waals surface area (Å²) in [5.41, 5.74) is 1.11. The first-order valence-electron chi connectivity index (χ1n) is 4.88. The predicted octanol–water partition coefficient (Wildman–Crippen LogP) is 3.43. The first kappa shape index (κ1) is 12.5. The monoisotopic (exact) mass is 235 g/mol. The largest absolute Gasteiger partial charge is 0.484 e. The summed E-state index contributed by atoms with van der Waals surface area (Å²) in [5, 5.41) is 9.90. The normalized spacial score (nSPS) is 9.56. The third-order valence-corrected chi connectivity index (χ3v) is 2.42. The van der Waals surface area contributed by atoms with Crippen LogP contribution in [0.4, 0.5) is 0 Å². The number of fused-ring (bicyclic) bond motifs is 1. The van der Waals surface area contributed by atoms with E-state index in [1.54, 1.807) is 0 Å². The van der Waals surface area contributed by atoms with Crippen molar-refractivity contribution in [2.45, 2.75) is 6.42 Å². The predicted molar refractivity (Wildman–Crippen MR) is 69.6 cm³/mol. The maximum Gasteiger partial charge on any atom is 0.184 e. The van der Waals surface area contributed by atoms with E-state index < -0.39 is 0 Å². The van der Waals surface area contributed by atoms with Crippen LogP contribution in [0.15, 0.2) is 42.5 Å². The highest BCUT2D eigenvalue weighted by Crippen LogP contribution is 2.16. The molecule has 3 heteroatoms. The maximum absolute atomic E-state index is 7.46. The summed E-state index contributed by atoms with van der Waals surface area (Å²) in [6.07, 6.45) is 0.557. The second-order valence-corrected chi connectivity index (χ2v) is 3.49. The van der Waals surface area contributed by atoms with Crippen LogP contribution in [0.3, 0.4) is 0 Å². The van der Waals surface area contributed by atoms with E-state index in [-0.39, 0.29) is 12.4 Å². The highest BCUT2D eigenvalue weighted by Gasteiger charge is 1.99. The molecule has 84 valence electrons. The van der Waals surface area contributed by atoms with Gasteiger partial charge in [-0.1, -0.05) is 42.5 Å². The van der Waals surface area contributed by atoms with Crippen LogP contribution >= 0.6 is 12.4 Å². The van der Waals surface area contributed by atoms with Crippen LogP contribution in [-0.4, -0.2) is 13.0 Å². The van der Waals surface area contributed by atoms with E-state index in [0.29, 0.717) is 12.3 Å². The van der Waals surface area contributed by atoms with Crippen LogP contribution in [0, 0.1) is 5.41 Å². The molecule has 0 saturated carbocycles. The molecular weight excluding hydrogens is 222 g/mol. The van der Waals surface area contributed by atoms with Crippen LogP contribution in [0.5, 0.6) is 0 Å². The maximum atomic E-state index is 7.46. The van der Waals surface area contributed by atoms with Gasteiger partial charge >= 0.3 is 0 Å². The Labute approximate surface area is 101 Å². The van der Waals surface area contributed by atoms with Gasteiger partial charge in [-0.05, 0) is 16.3 Å². The standard InChI is InChI=1S/C13H13NO.ClH/c1-15-13(14)9-10-6-7-11-4-2-3-5-12(11)8-10;/h2-8,14H,9H2,1H3;1H. The van der Waals surface area contributed by atoms with Gasteiger partial charge in [0.2, 0.25) is 0 Å². The number of nitrogens with one attached hydrogen (secondary N) is 1. The van der Waals surface area contributed by atoms with E-state index in [4.69, 9.17) is 10.1 Å². The molecule has 0 aromatic heterocycles. The van der Waals surface area contributed by atoms with E-state index in [0.717, 1.165) is 5.56 Å². The summed E-state index contributed by atoms with van der Waals surface area (Å²) in [6, 6.07) is 14.4. The SMILES string of the molecule is COC(=N)Cc1ccc2ccccc2c1.Cl. The summed E-state index contributed by atoms with van der Waals surface area (Å²) in [4.78, 5) is 0. The number of rotatable bonds is 2. The van der Waals surface area contributed by atoms with Crippen molar-refractivity contribution in [2.24, 2.45) is 0 Å². The van der Waals surface area contributed by atoms with Crippen molar-refractivity contribution in [2.75, 3.05) is 7.11 Å². The van der Waals surface area contributed by atoms with Gasteiger partial charge in [0.05, 0.1) is 7.11 Å². The molecule has 0 radical (unpaired) electrons. The molecule has 0 bridgehead atoms. The summed E-state index contributed by atoms with van der Waals surface area (Å²) < 4.78 is 4.85. The van der Waals surface area contributed by atoms with E-state index in [2.05, 4.69) is 24.3 Å². The van der Waals surface area contributed by atoms with Gasteiger partial charge in [0, 0.05) is 6.42 Å². The third-order valence-electron chi connectivity index (χ3n) is 2.42. The van der Waals surface area contributed by atoms with E-state index >= 15 is 0 Å². The molecule has 0 aliphatic rings. The second kappa shape index (κ2) is 5.52. The third kappa shape index (κ3) is 2.74. The molecule has 0 aliphatic carbocycles. The summed E-state index contributed by atoms with van der Waals surface area (Å²) in [7, 11) is 1.53. The summed E-state index contributed by atoms with van der Waals surface area (Å²) in [6.45, 7) is 0. The molecule has 0 heterocycles. The van der Waals surface area contributed by atoms with Crippen molar-refractivity contribution in [3.05, 3.63) is 48.0 Å². The van der Waals surface area contributed by atoms with Crippen molar-refractivity contribution in [1.82, 2.24) is 0 Å². The highest BCUT2D eigenvalue weighted by atomic mass is 35.5. The topological polar surface area (TPSA) is 33.1 Å². The zero-order chi connectivity index (χ0) is 10.7. The molecule has 0 fully saturated rings. The molecule has 0 amide bonds. The molecular formula is C13H14ClNO. The van der Waals surface area contributed by atoms with Gasteiger partial charge in [0.25, 0.3) is 0 Å². The van der Waals surface area contributed by atoms with Crippen molar-refractivity contribution in [3.8, 4) is 0 Å². The Morgan fingerprint density at radius 1 is 1.12 bits per heavy atom. The Morgan fingerprint density at radius 3 is 2.50 bits per heavy atom. The lowest BCUT2D eigenvalue weighted by molar-refractivity contribution is 0.390. The van der Waals surface area contributed by atoms with E-state index in [1.807, 2.05) is 18.2 Å². The van der Waals surface area contributed by atoms with Gasteiger partial charge in [-0.15, -0.1) is 12.4 Å². The number of ether oxygens (including phenoxy) is 1. The van der Waals surface area contributed by atoms with Crippen LogP contribution in [-0.2, 0) is 11.2 Å². The molecule has 0 saturated heterocycles. The summed E-state index contributed by atoms with van der Waals surface area (Å²) in [5.74, 6) is 0.297. The average Bonchev–Trinajstić information content (AvgIpc) is 2.29. The molecule has 2 rings (SSSR count). The van der Waals surface area contributed by atoms with Crippen molar-refractivity contribution in [3.63, 3.8) is 0 Å². The first-order valence-corrected chi connectivity index (χ1v) is 4.88. The van der Waals surface area contributed by atoms with E-state index in [9.17, 15) is 0 Å². The Kier molecular flexibility index (Phi) is 4.32. The lowest BCUT2D eigenvalue weighted by Crippen LogP contribution is -2.03. The number of hydrogen-bond acceptors (Lipinski definition) is 2. The van der Waals surface area contributed by atoms with Gasteiger partial charge in [-0.2, -0.15) is 0 Å². The minimum atomic E-state index is 0. The molecule has 2 aromatic rings. The number of hydrogen-bond donors (Lipinski definition) is 1. The van der Waals surface area contributed by atoms with Crippen molar-refractivity contribution < 1.29 is 4.74 Å². The molecule has 0 atom stereocenters.